The van der Waals surface area contributed by atoms with Gasteiger partial charge < -0.3 is 15.9 Å². The van der Waals surface area contributed by atoms with Gasteiger partial charge in [-0.25, -0.2) is 4.79 Å². The minimum Gasteiger partial charge on any atom is -0.408 e. The minimum absolute atomic E-state index is 0.312. The zero-order valence-electron chi connectivity index (χ0n) is 10.1. The molecular weight excluding hydrogens is 242 g/mol. The second-order valence-corrected chi connectivity index (χ2v) is 4.42. The van der Waals surface area contributed by atoms with Gasteiger partial charge in [0.1, 0.15) is 0 Å². The number of oxazole rings is 1. The maximum absolute atomic E-state index is 11.1. The molecule has 0 saturated heterocycles. The summed E-state index contributed by atoms with van der Waals surface area (Å²) in [6.07, 6.45) is 0. The van der Waals surface area contributed by atoms with Crippen LogP contribution < -0.4 is 17.2 Å². The van der Waals surface area contributed by atoms with Crippen LogP contribution in [0.3, 0.4) is 0 Å². The zero-order chi connectivity index (χ0) is 13.4. The molecule has 0 fully saturated rings. The van der Waals surface area contributed by atoms with Crippen LogP contribution >= 0.6 is 0 Å². The molecule has 0 radical (unpaired) electrons. The standard InChI is InChI=1S/C14H13N3O2/c15-10-3-1-2-8(6-10)13(16)9-4-5-11-12(7-9)19-14(18)17-11/h1-7,13H,15-16H2,(H,17,18). The largest absolute Gasteiger partial charge is 0.417 e. The van der Waals surface area contributed by atoms with Crippen molar-refractivity contribution in [3.8, 4) is 0 Å². The van der Waals surface area contributed by atoms with Gasteiger partial charge in [0.2, 0.25) is 0 Å². The van der Waals surface area contributed by atoms with Crippen molar-refractivity contribution in [1.82, 2.24) is 4.98 Å². The normalized spacial score (nSPS) is 12.7. The molecule has 0 amide bonds. The van der Waals surface area contributed by atoms with Gasteiger partial charge in [-0.1, -0.05) is 18.2 Å². The highest BCUT2D eigenvalue weighted by Gasteiger charge is 2.11. The quantitative estimate of drug-likeness (QED) is 0.607. The molecule has 0 bridgehead atoms. The Hall–Kier alpha value is -2.53. The number of H-pyrrole nitrogens is 1. The molecule has 96 valence electrons. The van der Waals surface area contributed by atoms with Gasteiger partial charge in [0.15, 0.2) is 5.58 Å². The first-order chi connectivity index (χ1) is 9.13. The first-order valence-electron chi connectivity index (χ1n) is 5.87. The molecular formula is C14H13N3O2. The lowest BCUT2D eigenvalue weighted by Crippen LogP contribution is -2.11. The molecule has 0 saturated carbocycles. The van der Waals surface area contributed by atoms with E-state index in [1.54, 1.807) is 12.1 Å². The van der Waals surface area contributed by atoms with Gasteiger partial charge >= 0.3 is 5.76 Å². The first kappa shape index (κ1) is 11.6. The summed E-state index contributed by atoms with van der Waals surface area (Å²) >= 11 is 0. The Morgan fingerprint density at radius 2 is 1.89 bits per heavy atom. The number of rotatable bonds is 2. The van der Waals surface area contributed by atoms with Crippen LogP contribution in [0.2, 0.25) is 0 Å². The molecule has 0 aliphatic carbocycles. The third-order valence-corrected chi connectivity index (χ3v) is 3.07. The van der Waals surface area contributed by atoms with E-state index in [1.807, 2.05) is 30.3 Å². The van der Waals surface area contributed by atoms with Crippen molar-refractivity contribution in [2.75, 3.05) is 5.73 Å². The van der Waals surface area contributed by atoms with E-state index in [9.17, 15) is 4.79 Å². The molecule has 1 heterocycles. The summed E-state index contributed by atoms with van der Waals surface area (Å²) in [5, 5.41) is 0. The van der Waals surface area contributed by atoms with E-state index in [0.717, 1.165) is 11.1 Å². The lowest BCUT2D eigenvalue weighted by Gasteiger charge is -2.12. The van der Waals surface area contributed by atoms with Crippen LogP contribution in [-0.4, -0.2) is 4.98 Å². The first-order valence-corrected chi connectivity index (χ1v) is 5.87. The number of nitrogens with one attached hydrogen (secondary N) is 1. The number of anilines is 1. The second-order valence-electron chi connectivity index (χ2n) is 4.42. The molecule has 5 heteroatoms. The fourth-order valence-corrected chi connectivity index (χ4v) is 2.10. The van der Waals surface area contributed by atoms with E-state index in [2.05, 4.69) is 4.98 Å². The smallest absolute Gasteiger partial charge is 0.408 e. The van der Waals surface area contributed by atoms with Gasteiger partial charge in [-0.2, -0.15) is 0 Å². The summed E-state index contributed by atoms with van der Waals surface area (Å²) in [6.45, 7) is 0. The van der Waals surface area contributed by atoms with E-state index >= 15 is 0 Å². The molecule has 5 N–H and O–H groups in total. The molecule has 19 heavy (non-hydrogen) atoms. The molecule has 2 aromatic carbocycles. The number of hydrogen-bond donors (Lipinski definition) is 3. The van der Waals surface area contributed by atoms with Gasteiger partial charge in [0.25, 0.3) is 0 Å². The number of nitrogen functional groups attached to an aromatic ring is 1. The second kappa shape index (κ2) is 4.29. The molecule has 3 rings (SSSR count). The van der Waals surface area contributed by atoms with Crippen LogP contribution in [0.15, 0.2) is 51.7 Å². The van der Waals surface area contributed by atoms with Crippen molar-refractivity contribution in [1.29, 1.82) is 0 Å². The van der Waals surface area contributed by atoms with Gasteiger partial charge in [-0.3, -0.25) is 4.98 Å². The molecule has 5 nitrogen and oxygen atoms in total. The fraction of sp³-hybridized carbons (Fsp3) is 0.0714. The van der Waals surface area contributed by atoms with Crippen molar-refractivity contribution >= 4 is 16.8 Å². The van der Waals surface area contributed by atoms with Crippen molar-refractivity contribution in [3.05, 3.63) is 64.1 Å². The van der Waals surface area contributed by atoms with Gasteiger partial charge in [0.05, 0.1) is 11.6 Å². The van der Waals surface area contributed by atoms with Crippen LogP contribution in [0.5, 0.6) is 0 Å². The fourth-order valence-electron chi connectivity index (χ4n) is 2.10. The lowest BCUT2D eigenvalue weighted by molar-refractivity contribution is 0.555. The molecule has 0 spiro atoms. The highest BCUT2D eigenvalue weighted by atomic mass is 16.4. The molecule has 0 aliphatic heterocycles. The summed E-state index contributed by atoms with van der Waals surface area (Å²) in [6, 6.07) is 12.5. The molecule has 1 atom stereocenters. The number of aromatic amines is 1. The van der Waals surface area contributed by atoms with E-state index < -0.39 is 5.76 Å². The minimum atomic E-state index is -0.468. The Morgan fingerprint density at radius 3 is 2.68 bits per heavy atom. The lowest BCUT2D eigenvalue weighted by atomic mass is 9.99. The van der Waals surface area contributed by atoms with E-state index in [4.69, 9.17) is 15.9 Å². The highest BCUT2D eigenvalue weighted by molar-refractivity contribution is 5.73. The summed E-state index contributed by atoms with van der Waals surface area (Å²) in [4.78, 5) is 13.7. The maximum atomic E-state index is 11.1. The van der Waals surface area contributed by atoms with Crippen LogP contribution in [0.25, 0.3) is 11.1 Å². The molecule has 1 aromatic heterocycles. The zero-order valence-corrected chi connectivity index (χ0v) is 10.1. The van der Waals surface area contributed by atoms with Crippen LogP contribution in [0.1, 0.15) is 17.2 Å². The Balaban J connectivity index is 2.05. The highest BCUT2D eigenvalue weighted by Crippen LogP contribution is 2.23. The van der Waals surface area contributed by atoms with Crippen molar-refractivity contribution < 1.29 is 4.42 Å². The third-order valence-electron chi connectivity index (χ3n) is 3.07. The van der Waals surface area contributed by atoms with Gasteiger partial charge in [-0.05, 0) is 35.4 Å². The third kappa shape index (κ3) is 2.11. The number of fused-ring (bicyclic) bond motifs is 1. The van der Waals surface area contributed by atoms with E-state index in [-0.39, 0.29) is 6.04 Å². The molecule has 3 aromatic rings. The number of nitrogens with two attached hydrogens (primary N) is 2. The number of aromatic nitrogens is 1. The number of hydrogen-bond acceptors (Lipinski definition) is 4. The van der Waals surface area contributed by atoms with Crippen molar-refractivity contribution in [3.63, 3.8) is 0 Å². The predicted octanol–water partition coefficient (Wildman–Crippen LogP) is 1.75. The topological polar surface area (TPSA) is 98.0 Å². The summed E-state index contributed by atoms with van der Waals surface area (Å²) in [5.74, 6) is -0.468. The predicted molar refractivity (Wildman–Crippen MR) is 73.7 cm³/mol. The van der Waals surface area contributed by atoms with Crippen molar-refractivity contribution in [2.24, 2.45) is 5.73 Å². The summed E-state index contributed by atoms with van der Waals surface area (Å²) in [5.41, 5.74) is 15.6. The Labute approximate surface area is 108 Å². The van der Waals surface area contributed by atoms with Crippen LogP contribution in [0, 0.1) is 0 Å². The number of benzene rings is 2. The average Bonchev–Trinajstić information content (AvgIpc) is 2.76. The van der Waals surface area contributed by atoms with Gasteiger partial charge in [0, 0.05) is 5.69 Å². The SMILES string of the molecule is Nc1cccc(C(N)c2ccc3[nH]c(=O)oc3c2)c1. The van der Waals surface area contributed by atoms with Crippen molar-refractivity contribution in [2.45, 2.75) is 6.04 Å². The Kier molecular flexibility index (Phi) is 2.61. The van der Waals surface area contributed by atoms with E-state index in [1.165, 1.54) is 0 Å². The van der Waals surface area contributed by atoms with E-state index in [0.29, 0.717) is 16.8 Å². The molecule has 0 aliphatic rings. The maximum Gasteiger partial charge on any atom is 0.417 e. The Bertz CT molecular complexity index is 788. The Morgan fingerprint density at radius 1 is 1.11 bits per heavy atom. The van der Waals surface area contributed by atoms with Crippen LogP contribution in [0.4, 0.5) is 5.69 Å². The monoisotopic (exact) mass is 255 g/mol. The molecule has 1 unspecified atom stereocenters. The summed E-state index contributed by atoms with van der Waals surface area (Å²) in [7, 11) is 0. The summed E-state index contributed by atoms with van der Waals surface area (Å²) < 4.78 is 5.03. The van der Waals surface area contributed by atoms with Gasteiger partial charge in [-0.15, -0.1) is 0 Å². The average molecular weight is 255 g/mol. The van der Waals surface area contributed by atoms with Crippen LogP contribution in [-0.2, 0) is 0 Å².